The van der Waals surface area contributed by atoms with Crippen molar-refractivity contribution in [1.82, 2.24) is 9.88 Å². The Morgan fingerprint density at radius 1 is 1.21 bits per heavy atom. The van der Waals surface area contributed by atoms with Gasteiger partial charge < -0.3 is 9.80 Å². The smallest absolute Gasteiger partial charge is 0.366 e. The molecule has 10 heteroatoms. The van der Waals surface area contributed by atoms with E-state index in [2.05, 4.69) is 20.9 Å². The number of aromatic nitrogens is 1. The highest BCUT2D eigenvalue weighted by atomic mass is 79.9. The van der Waals surface area contributed by atoms with Crippen LogP contribution in [0.2, 0.25) is 0 Å². The van der Waals surface area contributed by atoms with Crippen LogP contribution in [-0.4, -0.2) is 53.9 Å². The number of aryl methyl sites for hydroxylation is 1. The molecule has 1 aliphatic rings. The fraction of sp³-hybridized carbons (Fsp3) is 0.368. The molecule has 2 aromatic rings. The minimum atomic E-state index is -4.29. The summed E-state index contributed by atoms with van der Waals surface area (Å²) in [6.45, 7) is 3.14. The molecule has 0 radical (unpaired) electrons. The van der Waals surface area contributed by atoms with E-state index in [1.807, 2.05) is 0 Å². The van der Waals surface area contributed by atoms with Gasteiger partial charge in [0.25, 0.3) is 5.91 Å². The Hall–Kier alpha value is -1.81. The maximum absolute atomic E-state index is 14.5. The highest BCUT2D eigenvalue weighted by molar-refractivity contribution is 9.10. The lowest BCUT2D eigenvalue weighted by molar-refractivity contribution is -0.105. The first-order valence-electron chi connectivity index (χ1n) is 8.79. The molecule has 1 aromatic heterocycles. The molecule has 0 N–H and O–H groups in total. The first-order chi connectivity index (χ1) is 13.6. The van der Waals surface area contributed by atoms with Crippen molar-refractivity contribution in [3.8, 4) is 0 Å². The second-order valence-corrected chi connectivity index (χ2v) is 8.45. The minimum absolute atomic E-state index is 0.140. The van der Waals surface area contributed by atoms with Gasteiger partial charge in [-0.2, -0.15) is 13.2 Å². The Morgan fingerprint density at radius 2 is 1.90 bits per heavy atom. The van der Waals surface area contributed by atoms with Gasteiger partial charge in [0.05, 0.1) is 11.4 Å². The van der Waals surface area contributed by atoms with Crippen LogP contribution in [0, 0.1) is 12.7 Å². The number of pyridine rings is 1. The molecular weight excluding hydrogens is 474 g/mol. The summed E-state index contributed by atoms with van der Waals surface area (Å²) >= 11 is 3.89. The topological polar surface area (TPSA) is 36.4 Å². The SMILES string of the molecule is Cc1cc(F)c(N2CCN(C(=O)c3ccnc(Br)c3)CC2)cc1SCC(F)(F)F. The van der Waals surface area contributed by atoms with Crippen LogP contribution in [0.4, 0.5) is 23.2 Å². The van der Waals surface area contributed by atoms with Crippen LogP contribution >= 0.6 is 27.7 Å². The zero-order valence-corrected chi connectivity index (χ0v) is 17.9. The lowest BCUT2D eigenvalue weighted by Crippen LogP contribution is -2.49. The monoisotopic (exact) mass is 491 g/mol. The number of anilines is 1. The van der Waals surface area contributed by atoms with Crippen molar-refractivity contribution in [2.24, 2.45) is 0 Å². The van der Waals surface area contributed by atoms with E-state index in [4.69, 9.17) is 0 Å². The summed E-state index contributed by atoms with van der Waals surface area (Å²) in [6, 6.07) is 6.00. The molecule has 0 atom stereocenters. The highest BCUT2D eigenvalue weighted by Gasteiger charge is 2.29. The van der Waals surface area contributed by atoms with Crippen LogP contribution in [0.5, 0.6) is 0 Å². The van der Waals surface area contributed by atoms with Gasteiger partial charge in [0, 0.05) is 42.8 Å². The van der Waals surface area contributed by atoms with E-state index in [-0.39, 0.29) is 11.6 Å². The summed E-state index contributed by atoms with van der Waals surface area (Å²) in [5, 5.41) is 0. The normalized spacial score (nSPS) is 15.0. The van der Waals surface area contributed by atoms with Crippen LogP contribution in [0.15, 0.2) is 40.0 Å². The molecule has 0 saturated carbocycles. The van der Waals surface area contributed by atoms with E-state index in [0.29, 0.717) is 58.6 Å². The molecule has 0 spiro atoms. The number of halogens is 5. The third-order valence-corrected chi connectivity index (χ3v) is 6.17. The van der Waals surface area contributed by atoms with Gasteiger partial charge in [0.1, 0.15) is 10.4 Å². The molecule has 4 nitrogen and oxygen atoms in total. The number of carbonyl (C=O) groups is 1. The Balaban J connectivity index is 1.69. The van der Waals surface area contributed by atoms with Gasteiger partial charge in [-0.25, -0.2) is 9.37 Å². The zero-order chi connectivity index (χ0) is 21.2. The number of thioether (sulfide) groups is 1. The number of nitrogens with zero attached hydrogens (tertiary/aromatic N) is 3. The van der Waals surface area contributed by atoms with Crippen LogP contribution in [0.25, 0.3) is 0 Å². The lowest BCUT2D eigenvalue weighted by atomic mass is 10.1. The molecule has 0 bridgehead atoms. The summed E-state index contributed by atoms with van der Waals surface area (Å²) in [4.78, 5) is 20.4. The van der Waals surface area contributed by atoms with Crippen molar-refractivity contribution in [2.45, 2.75) is 18.0 Å². The minimum Gasteiger partial charge on any atom is -0.366 e. The van der Waals surface area contributed by atoms with E-state index < -0.39 is 17.7 Å². The van der Waals surface area contributed by atoms with Crippen molar-refractivity contribution in [2.75, 3.05) is 36.8 Å². The number of rotatable bonds is 4. The summed E-state index contributed by atoms with van der Waals surface area (Å²) in [6.07, 6.45) is -2.75. The number of hydrogen-bond donors (Lipinski definition) is 0. The second kappa shape index (κ2) is 8.91. The quantitative estimate of drug-likeness (QED) is 0.346. The number of piperazine rings is 1. The molecule has 1 fully saturated rings. The Kier molecular flexibility index (Phi) is 6.72. The first kappa shape index (κ1) is 21.9. The van der Waals surface area contributed by atoms with Gasteiger partial charge in [-0.05, 0) is 52.7 Å². The molecule has 29 heavy (non-hydrogen) atoms. The number of benzene rings is 1. The first-order valence-corrected chi connectivity index (χ1v) is 10.6. The molecule has 1 amide bonds. The molecule has 1 aromatic carbocycles. The summed E-state index contributed by atoms with van der Waals surface area (Å²) in [5.74, 6) is -1.64. The van der Waals surface area contributed by atoms with E-state index >= 15 is 0 Å². The van der Waals surface area contributed by atoms with Gasteiger partial charge >= 0.3 is 6.18 Å². The summed E-state index contributed by atoms with van der Waals surface area (Å²) in [5.41, 5.74) is 1.24. The fourth-order valence-corrected chi connectivity index (χ4v) is 4.23. The van der Waals surface area contributed by atoms with E-state index in [9.17, 15) is 22.4 Å². The molecule has 1 aliphatic heterocycles. The van der Waals surface area contributed by atoms with E-state index in [0.717, 1.165) is 0 Å². The van der Waals surface area contributed by atoms with Gasteiger partial charge in [-0.15, -0.1) is 11.8 Å². The molecule has 0 unspecified atom stereocenters. The van der Waals surface area contributed by atoms with Crippen LogP contribution in [0.3, 0.4) is 0 Å². The number of alkyl halides is 3. The summed E-state index contributed by atoms with van der Waals surface area (Å²) < 4.78 is 52.7. The number of carbonyl (C=O) groups excluding carboxylic acids is 1. The predicted molar refractivity (Wildman–Crippen MR) is 108 cm³/mol. The van der Waals surface area contributed by atoms with Gasteiger partial charge in [-0.3, -0.25) is 4.79 Å². The van der Waals surface area contributed by atoms with Crippen LogP contribution in [-0.2, 0) is 0 Å². The predicted octanol–water partition coefficient (Wildman–Crippen LogP) is 4.91. The van der Waals surface area contributed by atoms with Gasteiger partial charge in [0.15, 0.2) is 0 Å². The highest BCUT2D eigenvalue weighted by Crippen LogP contribution is 2.34. The zero-order valence-electron chi connectivity index (χ0n) is 15.5. The van der Waals surface area contributed by atoms with Crippen LogP contribution < -0.4 is 4.90 Å². The molecule has 156 valence electrons. The average Bonchev–Trinajstić information content (AvgIpc) is 2.66. The standard InChI is InChI=1S/C19H18BrF4N3OS/c1-12-8-14(21)15(10-16(12)29-11-19(22,23)24)26-4-6-27(7-5-26)18(28)13-2-3-25-17(20)9-13/h2-3,8-10H,4-7,11H2,1H3. The average molecular weight is 492 g/mol. The van der Waals surface area contributed by atoms with Crippen molar-refractivity contribution in [1.29, 1.82) is 0 Å². The van der Waals surface area contributed by atoms with Crippen LogP contribution in [0.1, 0.15) is 15.9 Å². The van der Waals surface area contributed by atoms with Crippen molar-refractivity contribution < 1.29 is 22.4 Å². The largest absolute Gasteiger partial charge is 0.398 e. The van der Waals surface area contributed by atoms with Gasteiger partial charge in [-0.1, -0.05) is 0 Å². The Morgan fingerprint density at radius 3 is 2.52 bits per heavy atom. The molecule has 2 heterocycles. The molecule has 3 rings (SSSR count). The fourth-order valence-electron chi connectivity index (χ4n) is 3.07. The van der Waals surface area contributed by atoms with Crippen molar-refractivity contribution in [3.05, 3.63) is 52.0 Å². The summed E-state index contributed by atoms with van der Waals surface area (Å²) in [7, 11) is 0. The maximum Gasteiger partial charge on any atom is 0.398 e. The Bertz CT molecular complexity index is 902. The van der Waals surface area contributed by atoms with Crippen molar-refractivity contribution in [3.63, 3.8) is 0 Å². The maximum atomic E-state index is 14.5. The third-order valence-electron chi connectivity index (χ3n) is 4.52. The second-order valence-electron chi connectivity index (χ2n) is 6.62. The van der Waals surface area contributed by atoms with Crippen molar-refractivity contribution >= 4 is 39.3 Å². The number of amides is 1. The number of hydrogen-bond acceptors (Lipinski definition) is 4. The van der Waals surface area contributed by atoms with Gasteiger partial charge in [0.2, 0.25) is 0 Å². The molecule has 1 saturated heterocycles. The molecule has 0 aliphatic carbocycles. The van der Waals surface area contributed by atoms with E-state index in [1.54, 1.807) is 28.9 Å². The third kappa shape index (κ3) is 5.63. The van der Waals surface area contributed by atoms with E-state index in [1.165, 1.54) is 18.3 Å². The lowest BCUT2D eigenvalue weighted by Gasteiger charge is -2.36. The molecular formula is C19H18BrF4N3OS. The Labute approximate surface area is 178 Å².